The molecule has 0 aliphatic heterocycles. The van der Waals surface area contributed by atoms with Crippen molar-refractivity contribution < 1.29 is 9.90 Å². The van der Waals surface area contributed by atoms with Gasteiger partial charge < -0.3 is 10.4 Å². The van der Waals surface area contributed by atoms with Gasteiger partial charge in [0.1, 0.15) is 0 Å². The molecule has 0 bridgehead atoms. The number of rotatable bonds is 6. The van der Waals surface area contributed by atoms with Gasteiger partial charge in [-0.2, -0.15) is 0 Å². The molecule has 4 heteroatoms. The van der Waals surface area contributed by atoms with Crippen LogP contribution in [0, 0.1) is 0 Å². The fourth-order valence-electron chi connectivity index (χ4n) is 1.28. The van der Waals surface area contributed by atoms with Crippen molar-refractivity contribution in [1.82, 2.24) is 5.32 Å². The van der Waals surface area contributed by atoms with Crippen molar-refractivity contribution in [3.63, 3.8) is 0 Å². The normalized spacial score (nSPS) is 14.1. The van der Waals surface area contributed by atoms with Crippen LogP contribution in [0.4, 0.5) is 0 Å². The summed E-state index contributed by atoms with van der Waals surface area (Å²) >= 11 is 1.50. The topological polar surface area (TPSA) is 49.3 Å². The Morgan fingerprint density at radius 2 is 2.06 bits per heavy atom. The SMILES string of the molecule is CCC(C)(CO)NC(=O)CSc1ccccc1. The third-order valence-corrected chi connectivity index (χ3v) is 3.70. The van der Waals surface area contributed by atoms with Gasteiger partial charge in [0.15, 0.2) is 0 Å². The van der Waals surface area contributed by atoms with Gasteiger partial charge in [0.25, 0.3) is 0 Å². The van der Waals surface area contributed by atoms with E-state index in [9.17, 15) is 9.90 Å². The highest BCUT2D eigenvalue weighted by atomic mass is 32.2. The van der Waals surface area contributed by atoms with Crippen LogP contribution in [0.2, 0.25) is 0 Å². The minimum Gasteiger partial charge on any atom is -0.394 e. The summed E-state index contributed by atoms with van der Waals surface area (Å²) in [5.74, 6) is 0.330. The average Bonchev–Trinajstić information content (AvgIpc) is 2.37. The highest BCUT2D eigenvalue weighted by molar-refractivity contribution is 8.00. The molecule has 0 saturated heterocycles. The van der Waals surface area contributed by atoms with E-state index in [1.807, 2.05) is 44.2 Å². The lowest BCUT2D eigenvalue weighted by molar-refractivity contribution is -0.120. The zero-order valence-corrected chi connectivity index (χ0v) is 11.1. The van der Waals surface area contributed by atoms with Crippen molar-refractivity contribution in [1.29, 1.82) is 0 Å². The van der Waals surface area contributed by atoms with Crippen LogP contribution in [0.1, 0.15) is 20.3 Å². The van der Waals surface area contributed by atoms with Crippen LogP contribution in [-0.4, -0.2) is 28.9 Å². The van der Waals surface area contributed by atoms with E-state index in [4.69, 9.17) is 0 Å². The van der Waals surface area contributed by atoms with Crippen molar-refractivity contribution in [2.24, 2.45) is 0 Å². The largest absolute Gasteiger partial charge is 0.394 e. The summed E-state index contributed by atoms with van der Waals surface area (Å²) in [6.45, 7) is 3.75. The summed E-state index contributed by atoms with van der Waals surface area (Å²) in [6.07, 6.45) is 0.714. The van der Waals surface area contributed by atoms with Crippen LogP contribution >= 0.6 is 11.8 Å². The predicted octanol–water partition coefficient (Wildman–Crippen LogP) is 2.06. The summed E-state index contributed by atoms with van der Waals surface area (Å²) in [4.78, 5) is 12.8. The summed E-state index contributed by atoms with van der Waals surface area (Å²) in [5.41, 5.74) is -0.506. The van der Waals surface area contributed by atoms with E-state index in [0.717, 1.165) is 4.90 Å². The molecule has 1 rings (SSSR count). The minimum absolute atomic E-state index is 0.0365. The number of nitrogens with one attached hydrogen (secondary N) is 1. The molecule has 0 aromatic heterocycles. The van der Waals surface area contributed by atoms with E-state index < -0.39 is 5.54 Å². The molecule has 0 saturated carbocycles. The predicted molar refractivity (Wildman–Crippen MR) is 71.1 cm³/mol. The van der Waals surface area contributed by atoms with Gasteiger partial charge in [0, 0.05) is 4.90 Å². The molecule has 0 fully saturated rings. The van der Waals surface area contributed by atoms with Crippen LogP contribution in [0.3, 0.4) is 0 Å². The lowest BCUT2D eigenvalue weighted by Crippen LogP contribution is -2.49. The van der Waals surface area contributed by atoms with Crippen LogP contribution in [0.15, 0.2) is 35.2 Å². The van der Waals surface area contributed by atoms with Crippen LogP contribution in [-0.2, 0) is 4.79 Å². The van der Waals surface area contributed by atoms with Crippen LogP contribution in [0.25, 0.3) is 0 Å². The smallest absolute Gasteiger partial charge is 0.230 e. The quantitative estimate of drug-likeness (QED) is 0.763. The average molecular weight is 253 g/mol. The van der Waals surface area contributed by atoms with E-state index in [2.05, 4.69) is 5.32 Å². The molecular formula is C13H19NO2S. The van der Waals surface area contributed by atoms with Gasteiger partial charge in [-0.25, -0.2) is 0 Å². The number of amides is 1. The fraction of sp³-hybridized carbons (Fsp3) is 0.462. The molecule has 0 radical (unpaired) electrons. The first kappa shape index (κ1) is 14.1. The molecule has 1 atom stereocenters. The second kappa shape index (κ2) is 6.67. The maximum Gasteiger partial charge on any atom is 0.230 e. The molecule has 0 spiro atoms. The third-order valence-electron chi connectivity index (χ3n) is 2.68. The summed E-state index contributed by atoms with van der Waals surface area (Å²) in [7, 11) is 0. The molecule has 94 valence electrons. The van der Waals surface area contributed by atoms with Gasteiger partial charge in [-0.1, -0.05) is 25.1 Å². The molecule has 1 aromatic carbocycles. The molecule has 1 amide bonds. The first-order valence-electron chi connectivity index (χ1n) is 5.69. The van der Waals surface area contributed by atoms with Gasteiger partial charge >= 0.3 is 0 Å². The number of benzene rings is 1. The van der Waals surface area contributed by atoms with E-state index in [-0.39, 0.29) is 12.5 Å². The molecule has 1 aromatic rings. The van der Waals surface area contributed by atoms with Gasteiger partial charge in [-0.05, 0) is 25.5 Å². The van der Waals surface area contributed by atoms with Gasteiger partial charge in [0.2, 0.25) is 5.91 Å². The number of aliphatic hydroxyl groups excluding tert-OH is 1. The first-order chi connectivity index (χ1) is 8.09. The molecule has 17 heavy (non-hydrogen) atoms. The molecule has 3 nitrogen and oxygen atoms in total. The lowest BCUT2D eigenvalue weighted by Gasteiger charge is -2.27. The second-order valence-electron chi connectivity index (χ2n) is 4.22. The zero-order chi connectivity index (χ0) is 12.7. The number of aliphatic hydroxyl groups is 1. The highest BCUT2D eigenvalue weighted by Crippen LogP contribution is 2.17. The maximum absolute atomic E-state index is 11.7. The Morgan fingerprint density at radius 3 is 2.59 bits per heavy atom. The maximum atomic E-state index is 11.7. The molecule has 0 aliphatic rings. The van der Waals surface area contributed by atoms with Crippen molar-refractivity contribution in [2.45, 2.75) is 30.7 Å². The third kappa shape index (κ3) is 4.79. The van der Waals surface area contributed by atoms with Crippen molar-refractivity contribution in [3.05, 3.63) is 30.3 Å². The monoisotopic (exact) mass is 253 g/mol. The Bertz CT molecular complexity index is 350. The van der Waals surface area contributed by atoms with Crippen molar-refractivity contribution >= 4 is 17.7 Å². The van der Waals surface area contributed by atoms with Gasteiger partial charge in [0.05, 0.1) is 17.9 Å². The number of carbonyl (C=O) groups excluding carboxylic acids is 1. The second-order valence-corrected chi connectivity index (χ2v) is 5.27. The first-order valence-corrected chi connectivity index (χ1v) is 6.68. The minimum atomic E-state index is -0.506. The van der Waals surface area contributed by atoms with E-state index in [0.29, 0.717) is 12.2 Å². The number of hydrogen-bond donors (Lipinski definition) is 2. The Morgan fingerprint density at radius 1 is 1.41 bits per heavy atom. The van der Waals surface area contributed by atoms with Crippen LogP contribution < -0.4 is 5.32 Å². The highest BCUT2D eigenvalue weighted by Gasteiger charge is 2.22. The van der Waals surface area contributed by atoms with E-state index in [1.54, 1.807) is 0 Å². The molecular weight excluding hydrogens is 234 g/mol. The Hall–Kier alpha value is -1.00. The number of carbonyl (C=O) groups is 1. The van der Waals surface area contributed by atoms with Crippen LogP contribution in [0.5, 0.6) is 0 Å². The summed E-state index contributed by atoms with van der Waals surface area (Å²) in [6, 6.07) is 9.80. The zero-order valence-electron chi connectivity index (χ0n) is 10.3. The summed E-state index contributed by atoms with van der Waals surface area (Å²) in [5, 5.41) is 12.1. The number of thioether (sulfide) groups is 1. The Labute approximate surface area is 107 Å². The molecule has 0 heterocycles. The molecule has 0 aliphatic carbocycles. The Kier molecular flexibility index (Phi) is 5.51. The fourth-order valence-corrected chi connectivity index (χ4v) is 2.00. The lowest BCUT2D eigenvalue weighted by atomic mass is 10.0. The summed E-state index contributed by atoms with van der Waals surface area (Å²) < 4.78 is 0. The van der Waals surface area contributed by atoms with Crippen molar-refractivity contribution in [2.75, 3.05) is 12.4 Å². The standard InChI is InChI=1S/C13H19NO2S/c1-3-13(2,10-15)14-12(16)9-17-11-7-5-4-6-8-11/h4-8,15H,3,9-10H2,1-2H3,(H,14,16). The van der Waals surface area contributed by atoms with Crippen molar-refractivity contribution in [3.8, 4) is 0 Å². The molecule has 2 N–H and O–H groups in total. The van der Waals surface area contributed by atoms with E-state index >= 15 is 0 Å². The van der Waals surface area contributed by atoms with Gasteiger partial charge in [-0.3, -0.25) is 4.79 Å². The van der Waals surface area contributed by atoms with Gasteiger partial charge in [-0.15, -0.1) is 11.8 Å². The molecule has 1 unspecified atom stereocenters. The van der Waals surface area contributed by atoms with E-state index in [1.165, 1.54) is 11.8 Å². The number of hydrogen-bond acceptors (Lipinski definition) is 3. The Balaban J connectivity index is 2.40.